The quantitative estimate of drug-likeness (QED) is 0.855. The molecule has 0 bridgehead atoms. The summed E-state index contributed by atoms with van der Waals surface area (Å²) >= 11 is 0. The molecule has 2 heterocycles. The molecule has 0 saturated carbocycles. The van der Waals surface area contributed by atoms with Gasteiger partial charge in [0.2, 0.25) is 15.9 Å². The monoisotopic (exact) mass is 379 g/mol. The third-order valence-corrected chi connectivity index (χ3v) is 7.24. The highest BCUT2D eigenvalue weighted by Gasteiger charge is 2.32. The maximum Gasteiger partial charge on any atom is 0.254 e. The summed E-state index contributed by atoms with van der Waals surface area (Å²) in [6.45, 7) is 5.01. The smallest absolute Gasteiger partial charge is 0.254 e. The maximum atomic E-state index is 12.9. The van der Waals surface area contributed by atoms with E-state index in [4.69, 9.17) is 0 Å². The zero-order valence-corrected chi connectivity index (χ0v) is 16.0. The first-order valence-electron chi connectivity index (χ1n) is 9.03. The standard InChI is InChI=1S/C18H25N3O4S/c1-13-5-3-4-11-21(13)26(24,25)16-8-6-15(7-9-16)18(23)20-12-10-19-17(22)14(20)2/h6-9,13-14H,3-5,10-12H2,1-2H3,(H,19,22). The van der Waals surface area contributed by atoms with Crippen molar-refractivity contribution in [2.45, 2.75) is 50.1 Å². The van der Waals surface area contributed by atoms with E-state index in [1.54, 1.807) is 11.2 Å². The lowest BCUT2D eigenvalue weighted by molar-refractivity contribution is -0.127. The van der Waals surface area contributed by atoms with Gasteiger partial charge in [0.15, 0.2) is 0 Å². The first-order valence-corrected chi connectivity index (χ1v) is 10.5. The molecule has 2 aliphatic rings. The average Bonchev–Trinajstić information content (AvgIpc) is 2.64. The van der Waals surface area contributed by atoms with Crippen LogP contribution in [0.3, 0.4) is 0 Å². The molecule has 7 nitrogen and oxygen atoms in total. The second-order valence-corrected chi connectivity index (χ2v) is 8.84. The Morgan fingerprint density at radius 2 is 1.81 bits per heavy atom. The predicted octanol–water partition coefficient (Wildman–Crippen LogP) is 1.21. The number of amides is 2. The summed E-state index contributed by atoms with van der Waals surface area (Å²) < 4.78 is 27.3. The van der Waals surface area contributed by atoms with Gasteiger partial charge >= 0.3 is 0 Å². The van der Waals surface area contributed by atoms with E-state index in [1.807, 2.05) is 6.92 Å². The van der Waals surface area contributed by atoms with Crippen LogP contribution < -0.4 is 5.32 Å². The predicted molar refractivity (Wildman–Crippen MR) is 97.2 cm³/mol. The van der Waals surface area contributed by atoms with E-state index in [9.17, 15) is 18.0 Å². The summed E-state index contributed by atoms with van der Waals surface area (Å²) in [5.41, 5.74) is 0.386. The summed E-state index contributed by atoms with van der Waals surface area (Å²) in [7, 11) is -3.55. The summed E-state index contributed by atoms with van der Waals surface area (Å²) in [4.78, 5) is 26.1. The van der Waals surface area contributed by atoms with Gasteiger partial charge in [-0.1, -0.05) is 6.42 Å². The first-order chi connectivity index (χ1) is 12.3. The third kappa shape index (κ3) is 3.48. The Hall–Kier alpha value is -1.93. The molecule has 0 radical (unpaired) electrons. The number of rotatable bonds is 3. The van der Waals surface area contributed by atoms with Crippen LogP contribution in [0.25, 0.3) is 0 Å². The van der Waals surface area contributed by atoms with Gasteiger partial charge in [0.05, 0.1) is 4.90 Å². The van der Waals surface area contributed by atoms with Crippen LogP contribution in [0, 0.1) is 0 Å². The highest BCUT2D eigenvalue weighted by molar-refractivity contribution is 7.89. The van der Waals surface area contributed by atoms with Crippen LogP contribution >= 0.6 is 0 Å². The molecule has 1 aromatic rings. The van der Waals surface area contributed by atoms with Crippen molar-refractivity contribution < 1.29 is 18.0 Å². The normalized spacial score (nSPS) is 25.0. The van der Waals surface area contributed by atoms with Gasteiger partial charge in [-0.2, -0.15) is 4.31 Å². The van der Waals surface area contributed by atoms with Crippen molar-refractivity contribution in [1.82, 2.24) is 14.5 Å². The number of piperidine rings is 1. The molecule has 1 aromatic carbocycles. The minimum Gasteiger partial charge on any atom is -0.353 e. The van der Waals surface area contributed by atoms with Gasteiger partial charge in [-0.15, -0.1) is 0 Å². The summed E-state index contributed by atoms with van der Waals surface area (Å²) in [5.74, 6) is -0.439. The zero-order valence-electron chi connectivity index (χ0n) is 15.1. The van der Waals surface area contributed by atoms with Crippen LogP contribution in [0.2, 0.25) is 0 Å². The van der Waals surface area contributed by atoms with Crippen LogP contribution in [-0.2, 0) is 14.8 Å². The number of piperazine rings is 1. The Balaban J connectivity index is 1.80. The van der Waals surface area contributed by atoms with Gasteiger partial charge in [0, 0.05) is 31.2 Å². The van der Waals surface area contributed by atoms with Crippen molar-refractivity contribution in [3.05, 3.63) is 29.8 Å². The van der Waals surface area contributed by atoms with Crippen molar-refractivity contribution in [3.8, 4) is 0 Å². The SMILES string of the molecule is CC1C(=O)NCCN1C(=O)c1ccc(S(=O)(=O)N2CCCCC2C)cc1. The fourth-order valence-corrected chi connectivity index (χ4v) is 5.26. The molecule has 2 aliphatic heterocycles. The van der Waals surface area contributed by atoms with Crippen LogP contribution in [0.4, 0.5) is 0 Å². The molecule has 0 aromatic heterocycles. The number of hydrogen-bond acceptors (Lipinski definition) is 4. The minimum absolute atomic E-state index is 0.0113. The largest absolute Gasteiger partial charge is 0.353 e. The molecule has 26 heavy (non-hydrogen) atoms. The van der Waals surface area contributed by atoms with Crippen LogP contribution in [-0.4, -0.2) is 61.2 Å². The van der Waals surface area contributed by atoms with Crippen molar-refractivity contribution in [3.63, 3.8) is 0 Å². The van der Waals surface area contributed by atoms with E-state index in [2.05, 4.69) is 5.32 Å². The van der Waals surface area contributed by atoms with E-state index in [1.165, 1.54) is 29.2 Å². The second kappa shape index (κ2) is 7.36. The van der Waals surface area contributed by atoms with Crippen molar-refractivity contribution >= 4 is 21.8 Å². The van der Waals surface area contributed by atoms with Gasteiger partial charge < -0.3 is 10.2 Å². The summed E-state index contributed by atoms with van der Waals surface area (Å²) in [6, 6.07) is 5.49. The molecule has 142 valence electrons. The van der Waals surface area contributed by atoms with E-state index in [0.717, 1.165) is 19.3 Å². The molecular formula is C18H25N3O4S. The van der Waals surface area contributed by atoms with E-state index in [-0.39, 0.29) is 22.8 Å². The molecule has 2 unspecified atom stereocenters. The molecule has 0 spiro atoms. The van der Waals surface area contributed by atoms with E-state index < -0.39 is 16.1 Å². The summed E-state index contributed by atoms with van der Waals surface area (Å²) in [5, 5.41) is 2.72. The second-order valence-electron chi connectivity index (χ2n) is 6.95. The fourth-order valence-electron chi connectivity index (χ4n) is 3.56. The molecule has 2 fully saturated rings. The molecule has 1 N–H and O–H groups in total. The molecular weight excluding hydrogens is 354 g/mol. The van der Waals surface area contributed by atoms with Gasteiger partial charge in [-0.3, -0.25) is 9.59 Å². The Bertz CT molecular complexity index is 791. The molecule has 2 saturated heterocycles. The Labute approximate surface area is 154 Å². The van der Waals surface area contributed by atoms with E-state index in [0.29, 0.717) is 25.2 Å². The first kappa shape index (κ1) is 18.8. The lowest BCUT2D eigenvalue weighted by atomic mass is 10.1. The maximum absolute atomic E-state index is 12.9. The van der Waals surface area contributed by atoms with Gasteiger partial charge in [0.1, 0.15) is 6.04 Å². The van der Waals surface area contributed by atoms with Gasteiger partial charge in [-0.25, -0.2) is 8.42 Å². The lowest BCUT2D eigenvalue weighted by Crippen LogP contribution is -2.55. The Morgan fingerprint density at radius 3 is 2.46 bits per heavy atom. The Kier molecular flexibility index (Phi) is 5.34. The zero-order chi connectivity index (χ0) is 18.9. The number of carbonyl (C=O) groups excluding carboxylic acids is 2. The number of carbonyl (C=O) groups is 2. The number of hydrogen-bond donors (Lipinski definition) is 1. The lowest BCUT2D eigenvalue weighted by Gasteiger charge is -2.33. The highest BCUT2D eigenvalue weighted by atomic mass is 32.2. The number of nitrogens with one attached hydrogen (secondary N) is 1. The Morgan fingerprint density at radius 1 is 1.12 bits per heavy atom. The molecule has 0 aliphatic carbocycles. The molecule has 3 rings (SSSR count). The average molecular weight is 379 g/mol. The van der Waals surface area contributed by atoms with Crippen molar-refractivity contribution in [2.24, 2.45) is 0 Å². The molecule has 2 atom stereocenters. The van der Waals surface area contributed by atoms with Gasteiger partial charge in [-0.05, 0) is 51.0 Å². The number of sulfonamides is 1. The van der Waals surface area contributed by atoms with Crippen LogP contribution in [0.5, 0.6) is 0 Å². The van der Waals surface area contributed by atoms with Crippen molar-refractivity contribution in [1.29, 1.82) is 0 Å². The topological polar surface area (TPSA) is 86.8 Å². The fraction of sp³-hybridized carbons (Fsp3) is 0.556. The van der Waals surface area contributed by atoms with Crippen molar-refractivity contribution in [2.75, 3.05) is 19.6 Å². The number of nitrogens with zero attached hydrogens (tertiary/aromatic N) is 2. The third-order valence-electron chi connectivity index (χ3n) is 5.21. The van der Waals surface area contributed by atoms with Gasteiger partial charge in [0.25, 0.3) is 5.91 Å². The van der Waals surface area contributed by atoms with Crippen LogP contribution in [0.15, 0.2) is 29.2 Å². The number of benzene rings is 1. The van der Waals surface area contributed by atoms with Crippen LogP contribution in [0.1, 0.15) is 43.5 Å². The molecule has 8 heteroatoms. The molecule has 2 amide bonds. The minimum atomic E-state index is -3.55. The summed E-state index contributed by atoms with van der Waals surface area (Å²) in [6.07, 6.45) is 2.78. The highest BCUT2D eigenvalue weighted by Crippen LogP contribution is 2.25. The van der Waals surface area contributed by atoms with E-state index >= 15 is 0 Å².